The summed E-state index contributed by atoms with van der Waals surface area (Å²) in [4.78, 5) is 30.0. The molecule has 2 amide bonds. The first kappa shape index (κ1) is 18.5. The second kappa shape index (κ2) is 7.50. The van der Waals surface area contributed by atoms with Crippen molar-refractivity contribution in [3.63, 3.8) is 0 Å². The molecule has 0 spiro atoms. The Morgan fingerprint density at radius 1 is 1.12 bits per heavy atom. The number of carbonyl (C=O) groups excluding carboxylic acids is 2. The van der Waals surface area contributed by atoms with Crippen LogP contribution in [0.4, 0.5) is 5.69 Å². The Hall–Kier alpha value is -2.34. The minimum absolute atomic E-state index is 0.0563. The third kappa shape index (κ3) is 3.60. The number of nitrogens with one attached hydrogen (secondary N) is 1. The first-order chi connectivity index (χ1) is 12.4. The van der Waals surface area contributed by atoms with Crippen molar-refractivity contribution in [1.29, 1.82) is 0 Å². The van der Waals surface area contributed by atoms with Crippen molar-refractivity contribution in [3.05, 3.63) is 52.2 Å². The number of likely N-dealkylation sites (N-methyl/N-ethyl adjacent to an activating group) is 1. The molecule has 0 aliphatic carbocycles. The van der Waals surface area contributed by atoms with Crippen molar-refractivity contribution >= 4 is 28.8 Å². The standard InChI is InChI=1S/C20H25N3O2S/c1-15-9-14-26-17(15)18(24)23-12-10-20(11-13-23,19(25)22(2)3)21-16-7-5-4-6-8-16/h4-9,14,21H,10-13H2,1-3H3. The molecule has 3 rings (SSSR count). The highest BCUT2D eigenvalue weighted by molar-refractivity contribution is 7.12. The monoisotopic (exact) mass is 371 g/mol. The molecule has 2 heterocycles. The van der Waals surface area contributed by atoms with Crippen molar-refractivity contribution in [2.45, 2.75) is 25.3 Å². The van der Waals surface area contributed by atoms with Crippen LogP contribution in [0, 0.1) is 6.92 Å². The third-order valence-corrected chi connectivity index (χ3v) is 5.94. The Labute approximate surface area is 158 Å². The molecule has 1 N–H and O–H groups in total. The van der Waals surface area contributed by atoms with Gasteiger partial charge in [-0.05, 0) is 48.9 Å². The van der Waals surface area contributed by atoms with Crippen LogP contribution in [0.5, 0.6) is 0 Å². The molecular formula is C20H25N3O2S. The Bertz CT molecular complexity index is 777. The largest absolute Gasteiger partial charge is 0.371 e. The number of hydrogen-bond acceptors (Lipinski definition) is 4. The van der Waals surface area contributed by atoms with Crippen LogP contribution in [0.25, 0.3) is 0 Å². The summed E-state index contributed by atoms with van der Waals surface area (Å²) < 4.78 is 0. The molecule has 0 bridgehead atoms. The van der Waals surface area contributed by atoms with E-state index in [0.29, 0.717) is 25.9 Å². The molecule has 26 heavy (non-hydrogen) atoms. The van der Waals surface area contributed by atoms with Gasteiger partial charge in [-0.25, -0.2) is 0 Å². The van der Waals surface area contributed by atoms with Crippen LogP contribution < -0.4 is 5.32 Å². The van der Waals surface area contributed by atoms with Crippen molar-refractivity contribution in [1.82, 2.24) is 9.80 Å². The van der Waals surface area contributed by atoms with Crippen LogP contribution in [-0.2, 0) is 4.79 Å². The van der Waals surface area contributed by atoms with Crippen molar-refractivity contribution in [2.24, 2.45) is 0 Å². The fourth-order valence-electron chi connectivity index (χ4n) is 3.45. The topological polar surface area (TPSA) is 52.7 Å². The van der Waals surface area contributed by atoms with Crippen LogP contribution >= 0.6 is 11.3 Å². The molecule has 1 aliphatic heterocycles. The predicted octanol–water partition coefficient (Wildman–Crippen LogP) is 3.23. The fourth-order valence-corrected chi connectivity index (χ4v) is 4.34. The normalized spacial score (nSPS) is 16.2. The first-order valence-corrected chi connectivity index (χ1v) is 9.69. The summed E-state index contributed by atoms with van der Waals surface area (Å²) >= 11 is 1.48. The van der Waals surface area contributed by atoms with Gasteiger partial charge in [-0.15, -0.1) is 11.3 Å². The van der Waals surface area contributed by atoms with Crippen LogP contribution in [0.3, 0.4) is 0 Å². The summed E-state index contributed by atoms with van der Waals surface area (Å²) in [6.07, 6.45) is 1.18. The van der Waals surface area contributed by atoms with Gasteiger partial charge < -0.3 is 15.1 Å². The summed E-state index contributed by atoms with van der Waals surface area (Å²) in [5.74, 6) is 0.129. The molecule has 1 fully saturated rings. The predicted molar refractivity (Wildman–Crippen MR) is 106 cm³/mol. The number of benzene rings is 1. The van der Waals surface area contributed by atoms with E-state index in [2.05, 4.69) is 5.32 Å². The van der Waals surface area contributed by atoms with E-state index in [1.807, 2.05) is 53.6 Å². The molecule has 0 atom stereocenters. The number of piperidine rings is 1. The number of likely N-dealkylation sites (tertiary alicyclic amines) is 1. The number of anilines is 1. The number of hydrogen-bond donors (Lipinski definition) is 1. The molecule has 0 saturated carbocycles. The van der Waals surface area contributed by atoms with Crippen molar-refractivity contribution < 1.29 is 9.59 Å². The van der Waals surface area contributed by atoms with E-state index in [9.17, 15) is 9.59 Å². The molecule has 138 valence electrons. The Balaban J connectivity index is 1.77. The number of nitrogens with zero attached hydrogens (tertiary/aromatic N) is 2. The zero-order chi connectivity index (χ0) is 18.7. The number of carbonyl (C=O) groups is 2. The number of rotatable bonds is 4. The molecule has 0 unspecified atom stereocenters. The van der Waals surface area contributed by atoms with Crippen molar-refractivity contribution in [3.8, 4) is 0 Å². The van der Waals surface area contributed by atoms with Gasteiger partial charge in [-0.2, -0.15) is 0 Å². The van der Waals surface area contributed by atoms with E-state index in [4.69, 9.17) is 0 Å². The third-order valence-electron chi connectivity index (χ3n) is 4.93. The minimum Gasteiger partial charge on any atom is -0.371 e. The first-order valence-electron chi connectivity index (χ1n) is 8.81. The maximum absolute atomic E-state index is 12.9. The highest BCUT2D eigenvalue weighted by atomic mass is 32.1. The van der Waals surface area contributed by atoms with Gasteiger partial charge in [0.2, 0.25) is 5.91 Å². The van der Waals surface area contributed by atoms with E-state index < -0.39 is 5.54 Å². The second-order valence-corrected chi connectivity index (χ2v) is 7.91. The molecule has 5 nitrogen and oxygen atoms in total. The number of aryl methyl sites for hydroxylation is 1. The highest BCUT2D eigenvalue weighted by Gasteiger charge is 2.43. The highest BCUT2D eigenvalue weighted by Crippen LogP contribution is 2.30. The van der Waals surface area contributed by atoms with Gasteiger partial charge >= 0.3 is 0 Å². The minimum atomic E-state index is -0.674. The molecule has 1 aliphatic rings. The maximum atomic E-state index is 12.9. The molecular weight excluding hydrogens is 346 g/mol. The number of amides is 2. The summed E-state index contributed by atoms with van der Waals surface area (Å²) in [5, 5.41) is 5.40. The van der Waals surface area contributed by atoms with Crippen LogP contribution in [0.2, 0.25) is 0 Å². The average molecular weight is 372 g/mol. The van der Waals surface area contributed by atoms with Crippen LogP contribution in [0.15, 0.2) is 41.8 Å². The summed E-state index contributed by atoms with van der Waals surface area (Å²) in [6, 6.07) is 11.8. The summed E-state index contributed by atoms with van der Waals surface area (Å²) in [5.41, 5.74) is 1.27. The van der Waals surface area contributed by atoms with Gasteiger partial charge in [0.05, 0.1) is 4.88 Å². The van der Waals surface area contributed by atoms with E-state index in [0.717, 1.165) is 16.1 Å². The molecule has 1 saturated heterocycles. The molecule has 2 aromatic rings. The van der Waals surface area contributed by atoms with Crippen LogP contribution in [0.1, 0.15) is 28.1 Å². The molecule has 6 heteroatoms. The van der Waals surface area contributed by atoms with E-state index in [1.165, 1.54) is 11.3 Å². The van der Waals surface area contributed by atoms with E-state index in [1.54, 1.807) is 19.0 Å². The lowest BCUT2D eigenvalue weighted by molar-refractivity contribution is -0.135. The smallest absolute Gasteiger partial charge is 0.264 e. The Kier molecular flexibility index (Phi) is 5.32. The molecule has 1 aromatic carbocycles. The Morgan fingerprint density at radius 2 is 1.77 bits per heavy atom. The number of thiophene rings is 1. The zero-order valence-corrected chi connectivity index (χ0v) is 16.3. The van der Waals surface area contributed by atoms with Gasteiger partial charge in [0.15, 0.2) is 0 Å². The maximum Gasteiger partial charge on any atom is 0.264 e. The van der Waals surface area contributed by atoms with E-state index >= 15 is 0 Å². The number of para-hydroxylation sites is 1. The lowest BCUT2D eigenvalue weighted by Crippen LogP contribution is -2.58. The van der Waals surface area contributed by atoms with Gasteiger partial charge in [-0.3, -0.25) is 9.59 Å². The SMILES string of the molecule is Cc1ccsc1C(=O)N1CCC(Nc2ccccc2)(C(=O)N(C)C)CC1. The van der Waals surface area contributed by atoms with Gasteiger partial charge in [0, 0.05) is 32.9 Å². The quantitative estimate of drug-likeness (QED) is 0.898. The molecule has 1 aromatic heterocycles. The van der Waals surface area contributed by atoms with Gasteiger partial charge in [-0.1, -0.05) is 18.2 Å². The lowest BCUT2D eigenvalue weighted by atomic mass is 9.85. The summed E-state index contributed by atoms with van der Waals surface area (Å²) in [6.45, 7) is 3.09. The Morgan fingerprint density at radius 3 is 2.31 bits per heavy atom. The van der Waals surface area contributed by atoms with Gasteiger partial charge in [0.1, 0.15) is 5.54 Å². The van der Waals surface area contributed by atoms with Gasteiger partial charge in [0.25, 0.3) is 5.91 Å². The summed E-state index contributed by atoms with van der Waals surface area (Å²) in [7, 11) is 3.56. The fraction of sp³-hybridized carbons (Fsp3) is 0.400. The van der Waals surface area contributed by atoms with E-state index in [-0.39, 0.29) is 11.8 Å². The van der Waals surface area contributed by atoms with Crippen molar-refractivity contribution in [2.75, 3.05) is 32.5 Å². The second-order valence-electron chi connectivity index (χ2n) is 7.00. The van der Waals surface area contributed by atoms with Crippen LogP contribution in [-0.4, -0.2) is 54.3 Å². The average Bonchev–Trinajstić information content (AvgIpc) is 3.08. The zero-order valence-electron chi connectivity index (χ0n) is 15.5. The molecule has 0 radical (unpaired) electrons. The lowest BCUT2D eigenvalue weighted by Gasteiger charge is -2.43.